The summed E-state index contributed by atoms with van der Waals surface area (Å²) >= 11 is 0. The van der Waals surface area contributed by atoms with Crippen molar-refractivity contribution < 1.29 is 13.2 Å². The molecule has 0 aromatic heterocycles. The van der Waals surface area contributed by atoms with Gasteiger partial charge in [0.25, 0.3) is 5.91 Å². The molecule has 0 aliphatic heterocycles. The summed E-state index contributed by atoms with van der Waals surface area (Å²) in [5.74, 6) is -0.213. The topological polar surface area (TPSA) is 75.6 Å². The Morgan fingerprint density at radius 2 is 1.93 bits per heavy atom. The molecule has 1 aliphatic rings. The number of rotatable bonds is 3. The molecule has 0 aromatic rings. The third-order valence-electron chi connectivity index (χ3n) is 2.70. The van der Waals surface area contributed by atoms with Gasteiger partial charge in [0.2, 0.25) is 0 Å². The second kappa shape index (κ2) is 4.30. The number of aliphatic imine (C=N–C) groups is 1. The van der Waals surface area contributed by atoms with Crippen LogP contribution in [0.4, 0.5) is 0 Å². The van der Waals surface area contributed by atoms with Crippen LogP contribution in [-0.2, 0) is 14.6 Å². The Morgan fingerprint density at radius 3 is 2.33 bits per heavy atom. The molecule has 1 saturated carbocycles. The maximum Gasteiger partial charge on any atom is 0.265 e. The number of sulfone groups is 1. The summed E-state index contributed by atoms with van der Waals surface area (Å²) in [7, 11) is -1.39. The Morgan fingerprint density at radius 1 is 1.40 bits per heavy atom. The molecule has 1 N–H and O–H groups in total. The largest absolute Gasteiger partial charge is 0.348 e. The summed E-state index contributed by atoms with van der Waals surface area (Å²) in [4.78, 5) is 15.1. The summed E-state index contributed by atoms with van der Waals surface area (Å²) in [6, 6.07) is -0.0195. The lowest BCUT2D eigenvalue weighted by Gasteiger charge is -2.34. The first-order chi connectivity index (χ1) is 6.84. The average Bonchev–Trinajstić information content (AvgIpc) is 2.06. The lowest BCUT2D eigenvalue weighted by Crippen LogP contribution is -2.50. The second-order valence-electron chi connectivity index (χ2n) is 3.90. The Kier molecular flexibility index (Phi) is 3.49. The quantitative estimate of drug-likeness (QED) is 0.683. The molecule has 1 aliphatic carbocycles. The highest BCUT2D eigenvalue weighted by molar-refractivity contribution is 7.91. The standard InChI is InChI=1S/C9H16N2O3S/c1-6(10-2)9(12)11-7-4-8(5-7)15(3,13)14/h7-8H,4-5H2,1-3H3,(H,11,12). The first-order valence-electron chi connectivity index (χ1n) is 4.77. The predicted molar refractivity (Wildman–Crippen MR) is 58.8 cm³/mol. The van der Waals surface area contributed by atoms with Crippen molar-refractivity contribution in [3.8, 4) is 0 Å². The third-order valence-corrected chi connectivity index (χ3v) is 4.30. The van der Waals surface area contributed by atoms with Gasteiger partial charge in [0, 0.05) is 19.3 Å². The number of amides is 1. The molecular weight excluding hydrogens is 216 g/mol. The van der Waals surface area contributed by atoms with E-state index in [0.29, 0.717) is 18.6 Å². The van der Waals surface area contributed by atoms with Crippen LogP contribution in [0.25, 0.3) is 0 Å². The van der Waals surface area contributed by atoms with E-state index in [9.17, 15) is 13.2 Å². The molecule has 0 aromatic carbocycles. The summed E-state index contributed by atoms with van der Waals surface area (Å²) in [6.45, 7) is 1.63. The van der Waals surface area contributed by atoms with Crippen molar-refractivity contribution in [2.75, 3.05) is 13.3 Å². The Balaban J connectivity index is 2.39. The van der Waals surface area contributed by atoms with Crippen molar-refractivity contribution in [3.63, 3.8) is 0 Å². The van der Waals surface area contributed by atoms with E-state index in [1.165, 1.54) is 6.26 Å². The van der Waals surface area contributed by atoms with Crippen molar-refractivity contribution in [1.82, 2.24) is 5.32 Å². The van der Waals surface area contributed by atoms with Gasteiger partial charge < -0.3 is 5.32 Å². The lowest BCUT2D eigenvalue weighted by molar-refractivity contribution is -0.115. The van der Waals surface area contributed by atoms with E-state index in [1.807, 2.05) is 0 Å². The van der Waals surface area contributed by atoms with Crippen LogP contribution in [0.3, 0.4) is 0 Å². The van der Waals surface area contributed by atoms with E-state index in [1.54, 1.807) is 14.0 Å². The Labute approximate surface area is 89.9 Å². The summed E-state index contributed by atoms with van der Waals surface area (Å²) in [5, 5.41) is 2.44. The first-order valence-corrected chi connectivity index (χ1v) is 6.73. The number of carbonyl (C=O) groups excluding carboxylic acids is 1. The molecule has 5 nitrogen and oxygen atoms in total. The first kappa shape index (κ1) is 12.2. The van der Waals surface area contributed by atoms with E-state index in [4.69, 9.17) is 0 Å². The van der Waals surface area contributed by atoms with Gasteiger partial charge in [-0.25, -0.2) is 8.42 Å². The normalized spacial score (nSPS) is 27.0. The van der Waals surface area contributed by atoms with Crippen molar-refractivity contribution >= 4 is 21.5 Å². The summed E-state index contributed by atoms with van der Waals surface area (Å²) in [5.41, 5.74) is 0.415. The van der Waals surface area contributed by atoms with Crippen LogP contribution in [0.1, 0.15) is 19.8 Å². The fraction of sp³-hybridized carbons (Fsp3) is 0.778. The smallest absolute Gasteiger partial charge is 0.265 e. The SMILES string of the molecule is CN=C(C)C(=O)NC1CC(S(C)(=O)=O)C1. The van der Waals surface area contributed by atoms with Crippen molar-refractivity contribution in [2.45, 2.75) is 31.1 Å². The number of carbonyl (C=O) groups is 1. The fourth-order valence-electron chi connectivity index (χ4n) is 1.42. The molecule has 1 fully saturated rings. The number of nitrogens with one attached hydrogen (secondary N) is 1. The lowest BCUT2D eigenvalue weighted by atomic mass is 9.92. The zero-order valence-corrected chi connectivity index (χ0v) is 9.97. The fourth-order valence-corrected chi connectivity index (χ4v) is 2.59. The third kappa shape index (κ3) is 3.02. The van der Waals surface area contributed by atoms with Crippen molar-refractivity contribution in [3.05, 3.63) is 0 Å². The molecule has 0 atom stereocenters. The van der Waals surface area contributed by atoms with Crippen molar-refractivity contribution in [2.24, 2.45) is 4.99 Å². The van der Waals surface area contributed by atoms with E-state index >= 15 is 0 Å². The van der Waals surface area contributed by atoms with E-state index in [2.05, 4.69) is 10.3 Å². The van der Waals surface area contributed by atoms with Crippen LogP contribution in [0.2, 0.25) is 0 Å². The molecule has 0 saturated heterocycles. The van der Waals surface area contributed by atoms with Crippen LogP contribution >= 0.6 is 0 Å². The predicted octanol–water partition coefficient (Wildman–Crippen LogP) is -0.231. The van der Waals surface area contributed by atoms with Gasteiger partial charge in [0.1, 0.15) is 9.84 Å². The summed E-state index contributed by atoms with van der Waals surface area (Å²) in [6.07, 6.45) is 2.26. The van der Waals surface area contributed by atoms with Gasteiger partial charge in [0.15, 0.2) is 0 Å². The monoisotopic (exact) mass is 232 g/mol. The molecule has 86 valence electrons. The average molecular weight is 232 g/mol. The highest BCUT2D eigenvalue weighted by Crippen LogP contribution is 2.26. The zero-order valence-electron chi connectivity index (χ0n) is 9.15. The highest BCUT2D eigenvalue weighted by atomic mass is 32.2. The summed E-state index contributed by atoms with van der Waals surface area (Å²) < 4.78 is 22.2. The van der Waals surface area contributed by atoms with Crippen LogP contribution in [0, 0.1) is 0 Å². The molecule has 0 spiro atoms. The minimum atomic E-state index is -2.94. The Bertz CT molecular complexity index is 380. The Hall–Kier alpha value is -0.910. The van der Waals surface area contributed by atoms with Crippen LogP contribution in [0.5, 0.6) is 0 Å². The molecular formula is C9H16N2O3S. The van der Waals surface area contributed by atoms with Crippen molar-refractivity contribution in [1.29, 1.82) is 0 Å². The number of nitrogens with zero attached hydrogens (tertiary/aromatic N) is 1. The molecule has 0 bridgehead atoms. The van der Waals surface area contributed by atoms with E-state index in [0.717, 1.165) is 0 Å². The molecule has 6 heteroatoms. The van der Waals surface area contributed by atoms with Gasteiger partial charge in [0.05, 0.1) is 11.0 Å². The second-order valence-corrected chi connectivity index (χ2v) is 6.23. The maximum absolute atomic E-state index is 11.3. The van der Waals surface area contributed by atoms with Crippen LogP contribution < -0.4 is 5.32 Å². The number of hydrogen-bond donors (Lipinski definition) is 1. The van der Waals surface area contributed by atoms with Gasteiger partial charge >= 0.3 is 0 Å². The molecule has 0 unspecified atom stereocenters. The maximum atomic E-state index is 11.3. The van der Waals surface area contributed by atoms with Gasteiger partial charge in [-0.15, -0.1) is 0 Å². The molecule has 1 amide bonds. The number of hydrogen-bond acceptors (Lipinski definition) is 4. The van der Waals surface area contributed by atoms with Crippen LogP contribution in [-0.4, -0.2) is 44.6 Å². The van der Waals surface area contributed by atoms with Gasteiger partial charge in [-0.1, -0.05) is 0 Å². The highest BCUT2D eigenvalue weighted by Gasteiger charge is 2.37. The van der Waals surface area contributed by atoms with Gasteiger partial charge in [-0.2, -0.15) is 0 Å². The molecule has 1 rings (SSSR count). The van der Waals surface area contributed by atoms with Crippen LogP contribution in [0.15, 0.2) is 4.99 Å². The van der Waals surface area contributed by atoms with E-state index in [-0.39, 0.29) is 17.2 Å². The molecule has 15 heavy (non-hydrogen) atoms. The minimum absolute atomic E-state index is 0.0195. The minimum Gasteiger partial charge on any atom is -0.348 e. The molecule has 0 heterocycles. The van der Waals surface area contributed by atoms with Gasteiger partial charge in [-0.05, 0) is 19.8 Å². The van der Waals surface area contributed by atoms with Gasteiger partial charge in [-0.3, -0.25) is 9.79 Å². The van der Waals surface area contributed by atoms with E-state index < -0.39 is 9.84 Å². The zero-order chi connectivity index (χ0) is 11.6. The molecule has 0 radical (unpaired) electrons.